The molecular weight excluding hydrogens is 262 g/mol. The number of anilines is 1. The highest BCUT2D eigenvalue weighted by Crippen LogP contribution is 2.21. The Morgan fingerprint density at radius 3 is 2.76 bits per heavy atom. The third-order valence-corrected chi connectivity index (χ3v) is 3.18. The van der Waals surface area contributed by atoms with Gasteiger partial charge in [-0.3, -0.25) is 4.79 Å². The normalized spacial score (nSPS) is 10.0. The lowest BCUT2D eigenvalue weighted by atomic mass is 10.1. The van der Waals surface area contributed by atoms with E-state index in [2.05, 4.69) is 11.9 Å². The minimum atomic E-state index is -0.131. The first kappa shape index (κ1) is 14.9. The van der Waals surface area contributed by atoms with Gasteiger partial charge in [0.25, 0.3) is 5.91 Å². The van der Waals surface area contributed by atoms with Gasteiger partial charge in [-0.15, -0.1) is 6.58 Å². The van der Waals surface area contributed by atoms with E-state index in [1.807, 2.05) is 43.3 Å². The minimum absolute atomic E-state index is 0.131. The van der Waals surface area contributed by atoms with Crippen molar-refractivity contribution >= 4 is 11.6 Å². The lowest BCUT2D eigenvalue weighted by Crippen LogP contribution is -2.12. The van der Waals surface area contributed by atoms with Gasteiger partial charge in [0.05, 0.1) is 7.11 Å². The van der Waals surface area contributed by atoms with Crippen LogP contribution in [0.4, 0.5) is 5.69 Å². The molecule has 0 heterocycles. The van der Waals surface area contributed by atoms with E-state index >= 15 is 0 Å². The van der Waals surface area contributed by atoms with E-state index < -0.39 is 0 Å². The van der Waals surface area contributed by atoms with Crippen LogP contribution in [-0.4, -0.2) is 13.0 Å². The number of methoxy groups -OCH3 is 1. The summed E-state index contributed by atoms with van der Waals surface area (Å²) < 4.78 is 5.29. The maximum absolute atomic E-state index is 12.3. The van der Waals surface area contributed by atoms with Crippen molar-refractivity contribution in [1.82, 2.24) is 0 Å². The highest BCUT2D eigenvalue weighted by Gasteiger charge is 2.10. The van der Waals surface area contributed by atoms with Crippen molar-refractivity contribution in [2.75, 3.05) is 12.4 Å². The summed E-state index contributed by atoms with van der Waals surface area (Å²) in [5.74, 6) is 0.635. The lowest BCUT2D eigenvalue weighted by molar-refractivity contribution is 0.102. The molecule has 3 nitrogen and oxygen atoms in total. The van der Waals surface area contributed by atoms with Gasteiger partial charge in [0.2, 0.25) is 0 Å². The Morgan fingerprint density at radius 1 is 1.29 bits per heavy atom. The topological polar surface area (TPSA) is 38.3 Å². The maximum Gasteiger partial charge on any atom is 0.255 e. The van der Waals surface area contributed by atoms with E-state index in [0.717, 1.165) is 22.6 Å². The molecule has 21 heavy (non-hydrogen) atoms. The highest BCUT2D eigenvalue weighted by molar-refractivity contribution is 6.04. The fourth-order valence-corrected chi connectivity index (χ4v) is 2.16. The quantitative estimate of drug-likeness (QED) is 0.842. The molecular formula is C18H19NO2. The van der Waals surface area contributed by atoms with Crippen LogP contribution in [0.15, 0.2) is 55.1 Å². The second-order valence-corrected chi connectivity index (χ2v) is 4.84. The zero-order valence-corrected chi connectivity index (χ0v) is 12.3. The average Bonchev–Trinajstić information content (AvgIpc) is 2.47. The van der Waals surface area contributed by atoms with Crippen LogP contribution >= 0.6 is 0 Å². The summed E-state index contributed by atoms with van der Waals surface area (Å²) in [6.07, 6.45) is 2.45. The molecule has 0 aliphatic heterocycles. The molecule has 0 atom stereocenters. The molecule has 0 saturated heterocycles. The zero-order valence-electron chi connectivity index (χ0n) is 12.3. The predicted molar refractivity (Wildman–Crippen MR) is 86.0 cm³/mol. The van der Waals surface area contributed by atoms with Crippen molar-refractivity contribution in [3.8, 4) is 5.75 Å². The number of allylic oxidation sites excluding steroid dienone is 1. The number of nitrogens with one attached hydrogen (secondary N) is 1. The van der Waals surface area contributed by atoms with Crippen molar-refractivity contribution < 1.29 is 9.53 Å². The summed E-state index contributed by atoms with van der Waals surface area (Å²) >= 11 is 0. The molecule has 0 aromatic heterocycles. The Labute approximate surface area is 125 Å². The predicted octanol–water partition coefficient (Wildman–Crippen LogP) is 3.98. The Balaban J connectivity index is 2.22. The van der Waals surface area contributed by atoms with Gasteiger partial charge >= 0.3 is 0 Å². The smallest absolute Gasteiger partial charge is 0.255 e. The fraction of sp³-hybridized carbons (Fsp3) is 0.167. The molecule has 3 heteroatoms. The third-order valence-electron chi connectivity index (χ3n) is 3.18. The van der Waals surface area contributed by atoms with E-state index in [0.29, 0.717) is 12.0 Å². The number of benzene rings is 2. The maximum atomic E-state index is 12.3. The molecule has 0 fully saturated rings. The third kappa shape index (κ3) is 3.72. The summed E-state index contributed by atoms with van der Waals surface area (Å²) in [5.41, 5.74) is 3.45. The standard InChI is InChI=1S/C18H19NO2/c1-4-6-14-12-15(9-10-17(14)21-3)18(20)19-16-8-5-7-13(2)11-16/h4-5,7-12H,1,6H2,2-3H3,(H,19,20). The van der Waals surface area contributed by atoms with Crippen molar-refractivity contribution in [2.24, 2.45) is 0 Å². The molecule has 2 aromatic rings. The van der Waals surface area contributed by atoms with Gasteiger partial charge in [-0.25, -0.2) is 0 Å². The number of aryl methyl sites for hydroxylation is 1. The largest absolute Gasteiger partial charge is 0.496 e. The van der Waals surface area contributed by atoms with Crippen LogP contribution in [0.5, 0.6) is 5.75 Å². The molecule has 108 valence electrons. The molecule has 0 spiro atoms. The summed E-state index contributed by atoms with van der Waals surface area (Å²) in [6, 6.07) is 13.1. The van der Waals surface area contributed by atoms with E-state index in [1.165, 1.54) is 0 Å². The molecule has 0 aliphatic rings. The first-order valence-corrected chi connectivity index (χ1v) is 6.80. The number of carbonyl (C=O) groups is 1. The Hall–Kier alpha value is -2.55. The van der Waals surface area contributed by atoms with Crippen LogP contribution in [0.2, 0.25) is 0 Å². The molecule has 2 aromatic carbocycles. The highest BCUT2D eigenvalue weighted by atomic mass is 16.5. The number of carbonyl (C=O) groups excluding carboxylic acids is 1. The van der Waals surface area contributed by atoms with Crippen LogP contribution in [0.1, 0.15) is 21.5 Å². The van der Waals surface area contributed by atoms with Crippen LogP contribution in [0.3, 0.4) is 0 Å². The molecule has 1 amide bonds. The van der Waals surface area contributed by atoms with Crippen LogP contribution in [0.25, 0.3) is 0 Å². The van der Waals surface area contributed by atoms with Crippen LogP contribution in [-0.2, 0) is 6.42 Å². The second kappa shape index (κ2) is 6.75. The average molecular weight is 281 g/mol. The molecule has 0 unspecified atom stereocenters. The summed E-state index contributed by atoms with van der Waals surface area (Å²) in [6.45, 7) is 5.72. The molecule has 1 N–H and O–H groups in total. The molecule has 0 bridgehead atoms. The number of hydrogen-bond acceptors (Lipinski definition) is 2. The van der Waals surface area contributed by atoms with Crippen molar-refractivity contribution in [1.29, 1.82) is 0 Å². The first-order chi connectivity index (χ1) is 10.1. The Morgan fingerprint density at radius 2 is 2.10 bits per heavy atom. The van der Waals surface area contributed by atoms with Gasteiger partial charge in [-0.1, -0.05) is 18.2 Å². The van der Waals surface area contributed by atoms with Crippen LogP contribution < -0.4 is 10.1 Å². The second-order valence-electron chi connectivity index (χ2n) is 4.84. The van der Waals surface area contributed by atoms with Crippen LogP contribution in [0, 0.1) is 6.92 Å². The molecule has 0 saturated carbocycles. The summed E-state index contributed by atoms with van der Waals surface area (Å²) in [5, 5.41) is 2.90. The lowest BCUT2D eigenvalue weighted by Gasteiger charge is -2.10. The summed E-state index contributed by atoms with van der Waals surface area (Å²) in [7, 11) is 1.62. The molecule has 0 aliphatic carbocycles. The first-order valence-electron chi connectivity index (χ1n) is 6.80. The number of amides is 1. The van der Waals surface area contributed by atoms with Crippen molar-refractivity contribution in [3.05, 3.63) is 71.8 Å². The summed E-state index contributed by atoms with van der Waals surface area (Å²) in [4.78, 5) is 12.3. The van der Waals surface area contributed by atoms with E-state index in [-0.39, 0.29) is 5.91 Å². The monoisotopic (exact) mass is 281 g/mol. The zero-order chi connectivity index (χ0) is 15.2. The van der Waals surface area contributed by atoms with E-state index in [9.17, 15) is 4.79 Å². The van der Waals surface area contributed by atoms with Crippen molar-refractivity contribution in [2.45, 2.75) is 13.3 Å². The Bertz CT molecular complexity index is 662. The van der Waals surface area contributed by atoms with Gasteiger partial charge in [-0.2, -0.15) is 0 Å². The number of hydrogen-bond donors (Lipinski definition) is 1. The van der Waals surface area contributed by atoms with Gasteiger partial charge < -0.3 is 10.1 Å². The molecule has 0 radical (unpaired) electrons. The number of rotatable bonds is 5. The van der Waals surface area contributed by atoms with Gasteiger partial charge in [0, 0.05) is 11.3 Å². The Kier molecular flexibility index (Phi) is 4.77. The van der Waals surface area contributed by atoms with E-state index in [4.69, 9.17) is 4.74 Å². The minimum Gasteiger partial charge on any atom is -0.496 e. The fourth-order valence-electron chi connectivity index (χ4n) is 2.16. The molecule has 2 rings (SSSR count). The van der Waals surface area contributed by atoms with Gasteiger partial charge in [0.15, 0.2) is 0 Å². The SMILES string of the molecule is C=CCc1cc(C(=O)Nc2cccc(C)c2)ccc1OC. The van der Waals surface area contributed by atoms with Crippen molar-refractivity contribution in [3.63, 3.8) is 0 Å². The number of ether oxygens (including phenoxy) is 1. The van der Waals surface area contributed by atoms with Gasteiger partial charge in [-0.05, 0) is 54.8 Å². The van der Waals surface area contributed by atoms with E-state index in [1.54, 1.807) is 19.3 Å². The van der Waals surface area contributed by atoms with Gasteiger partial charge in [0.1, 0.15) is 5.75 Å².